The number of carbonyl (C=O) groups is 1. The van der Waals surface area contributed by atoms with E-state index in [0.29, 0.717) is 5.92 Å². The van der Waals surface area contributed by atoms with Crippen LogP contribution in [0.3, 0.4) is 0 Å². The first kappa shape index (κ1) is 10.4. The van der Waals surface area contributed by atoms with E-state index in [2.05, 4.69) is 13.8 Å². The molecule has 0 amide bonds. The normalized spacial score (nSPS) is 13.5. The third kappa shape index (κ3) is 7.33. The molecule has 0 rings (SSSR count). The van der Waals surface area contributed by atoms with Crippen molar-refractivity contribution in [2.75, 3.05) is 0 Å². The lowest BCUT2D eigenvalue weighted by Crippen LogP contribution is -2.23. The van der Waals surface area contributed by atoms with E-state index >= 15 is 0 Å². The van der Waals surface area contributed by atoms with Gasteiger partial charge >= 0.3 is 5.97 Å². The van der Waals surface area contributed by atoms with Crippen molar-refractivity contribution in [3.63, 3.8) is 0 Å². The van der Waals surface area contributed by atoms with E-state index in [0.717, 1.165) is 12.8 Å². The Bertz CT molecular complexity index is 123. The highest BCUT2D eigenvalue weighted by atomic mass is 16.4. The number of nitrogens with two attached hydrogens (primary N) is 1. The van der Waals surface area contributed by atoms with Crippen LogP contribution < -0.4 is 5.73 Å². The first-order valence-electron chi connectivity index (χ1n) is 3.99. The van der Waals surface area contributed by atoms with Crippen LogP contribution >= 0.6 is 0 Å². The van der Waals surface area contributed by atoms with Crippen molar-refractivity contribution in [3.05, 3.63) is 0 Å². The summed E-state index contributed by atoms with van der Waals surface area (Å²) < 4.78 is 0. The summed E-state index contributed by atoms with van der Waals surface area (Å²) in [7, 11) is 0. The lowest BCUT2D eigenvalue weighted by molar-refractivity contribution is -0.137. The first-order valence-corrected chi connectivity index (χ1v) is 3.99. The van der Waals surface area contributed by atoms with Crippen LogP contribution in [0.5, 0.6) is 0 Å². The van der Waals surface area contributed by atoms with E-state index in [1.54, 1.807) is 0 Å². The van der Waals surface area contributed by atoms with Gasteiger partial charge in [0.25, 0.3) is 0 Å². The maximum Gasteiger partial charge on any atom is 0.304 e. The molecule has 0 aromatic rings. The van der Waals surface area contributed by atoms with Crippen LogP contribution in [0.2, 0.25) is 0 Å². The minimum atomic E-state index is -0.804. The number of hydrogen-bond acceptors (Lipinski definition) is 2. The van der Waals surface area contributed by atoms with E-state index < -0.39 is 5.97 Å². The van der Waals surface area contributed by atoms with Crippen LogP contribution in [0.15, 0.2) is 0 Å². The fourth-order valence-electron chi connectivity index (χ4n) is 0.874. The molecule has 0 saturated carbocycles. The van der Waals surface area contributed by atoms with Crippen molar-refractivity contribution in [1.29, 1.82) is 0 Å². The third-order valence-electron chi connectivity index (χ3n) is 1.55. The van der Waals surface area contributed by atoms with E-state index in [1.165, 1.54) is 0 Å². The Morgan fingerprint density at radius 2 is 2.00 bits per heavy atom. The molecular weight excluding hydrogens is 142 g/mol. The Kier molecular flexibility index (Phi) is 4.86. The van der Waals surface area contributed by atoms with E-state index in [9.17, 15) is 4.79 Å². The molecule has 0 aliphatic heterocycles. The summed E-state index contributed by atoms with van der Waals surface area (Å²) in [5.41, 5.74) is 5.54. The molecule has 66 valence electrons. The van der Waals surface area contributed by atoms with E-state index in [-0.39, 0.29) is 12.5 Å². The van der Waals surface area contributed by atoms with Crippen LogP contribution in [0.4, 0.5) is 0 Å². The number of carboxylic acids is 1. The van der Waals surface area contributed by atoms with Crippen LogP contribution in [0.1, 0.15) is 33.1 Å². The van der Waals surface area contributed by atoms with Gasteiger partial charge in [-0.3, -0.25) is 4.79 Å². The zero-order valence-electron chi connectivity index (χ0n) is 7.21. The zero-order chi connectivity index (χ0) is 8.85. The fourth-order valence-corrected chi connectivity index (χ4v) is 0.874. The molecule has 1 atom stereocenters. The van der Waals surface area contributed by atoms with Gasteiger partial charge in [-0.2, -0.15) is 0 Å². The molecule has 3 N–H and O–H groups in total. The summed E-state index contributed by atoms with van der Waals surface area (Å²) in [5, 5.41) is 8.37. The Labute approximate surface area is 67.6 Å². The molecule has 0 aliphatic carbocycles. The quantitative estimate of drug-likeness (QED) is 0.634. The first-order chi connectivity index (χ1) is 5.02. The molecular formula is C8H17NO2. The van der Waals surface area contributed by atoms with Gasteiger partial charge in [-0.15, -0.1) is 0 Å². The second-order valence-electron chi connectivity index (χ2n) is 3.33. The summed E-state index contributed by atoms with van der Waals surface area (Å²) in [6.45, 7) is 4.21. The minimum Gasteiger partial charge on any atom is -0.481 e. The molecule has 0 aromatic heterocycles. The summed E-state index contributed by atoms with van der Waals surface area (Å²) >= 11 is 0. The number of carboxylic acid groups (broad SMARTS) is 1. The predicted molar refractivity (Wildman–Crippen MR) is 44.3 cm³/mol. The standard InChI is InChI=1S/C8H17NO2/c1-6(2)3-4-7(9)5-8(10)11/h6-7H,3-5,9H2,1-2H3,(H,10,11)/t7-/m0/s1. The Balaban J connectivity index is 3.37. The second-order valence-corrected chi connectivity index (χ2v) is 3.33. The molecule has 3 heteroatoms. The van der Waals surface area contributed by atoms with Gasteiger partial charge in [0.1, 0.15) is 0 Å². The van der Waals surface area contributed by atoms with Crippen molar-refractivity contribution in [2.45, 2.75) is 39.2 Å². The third-order valence-corrected chi connectivity index (χ3v) is 1.55. The highest BCUT2D eigenvalue weighted by Crippen LogP contribution is 2.07. The molecule has 0 fully saturated rings. The van der Waals surface area contributed by atoms with Gasteiger partial charge in [0.2, 0.25) is 0 Å². The van der Waals surface area contributed by atoms with E-state index in [4.69, 9.17) is 10.8 Å². The molecule has 0 unspecified atom stereocenters. The average molecular weight is 159 g/mol. The highest BCUT2D eigenvalue weighted by molar-refractivity contribution is 5.67. The van der Waals surface area contributed by atoms with Gasteiger partial charge in [-0.1, -0.05) is 13.8 Å². The van der Waals surface area contributed by atoms with Crippen LogP contribution in [-0.2, 0) is 4.79 Å². The summed E-state index contributed by atoms with van der Waals surface area (Å²) in [5.74, 6) is -0.198. The maximum atomic E-state index is 10.2. The minimum absolute atomic E-state index is 0.0900. The van der Waals surface area contributed by atoms with Crippen molar-refractivity contribution < 1.29 is 9.90 Å². The average Bonchev–Trinajstić information content (AvgIpc) is 1.82. The highest BCUT2D eigenvalue weighted by Gasteiger charge is 2.07. The number of aliphatic carboxylic acids is 1. The molecule has 0 saturated heterocycles. The molecule has 3 nitrogen and oxygen atoms in total. The lowest BCUT2D eigenvalue weighted by atomic mass is 10.0. The van der Waals surface area contributed by atoms with Gasteiger partial charge in [0, 0.05) is 6.04 Å². The zero-order valence-corrected chi connectivity index (χ0v) is 7.21. The Hall–Kier alpha value is -0.570. The van der Waals surface area contributed by atoms with Crippen molar-refractivity contribution in [1.82, 2.24) is 0 Å². The van der Waals surface area contributed by atoms with Crippen molar-refractivity contribution >= 4 is 5.97 Å². The molecule has 0 heterocycles. The molecule has 0 bridgehead atoms. The Morgan fingerprint density at radius 1 is 1.45 bits per heavy atom. The van der Waals surface area contributed by atoms with Gasteiger partial charge in [0.15, 0.2) is 0 Å². The van der Waals surface area contributed by atoms with Gasteiger partial charge < -0.3 is 10.8 Å². The van der Waals surface area contributed by atoms with E-state index in [1.807, 2.05) is 0 Å². The summed E-state index contributed by atoms with van der Waals surface area (Å²) in [6, 6.07) is -0.171. The monoisotopic (exact) mass is 159 g/mol. The fraction of sp³-hybridized carbons (Fsp3) is 0.875. The van der Waals surface area contributed by atoms with Gasteiger partial charge in [0.05, 0.1) is 6.42 Å². The molecule has 0 aliphatic rings. The van der Waals surface area contributed by atoms with Gasteiger partial charge in [-0.25, -0.2) is 0 Å². The number of hydrogen-bond donors (Lipinski definition) is 2. The maximum absolute atomic E-state index is 10.2. The van der Waals surface area contributed by atoms with Crippen LogP contribution in [-0.4, -0.2) is 17.1 Å². The molecule has 0 spiro atoms. The lowest BCUT2D eigenvalue weighted by Gasteiger charge is -2.09. The van der Waals surface area contributed by atoms with Crippen molar-refractivity contribution in [2.24, 2.45) is 11.7 Å². The smallest absolute Gasteiger partial charge is 0.304 e. The summed E-state index contributed by atoms with van der Waals surface area (Å²) in [4.78, 5) is 10.2. The van der Waals surface area contributed by atoms with Gasteiger partial charge in [-0.05, 0) is 18.8 Å². The second kappa shape index (κ2) is 5.13. The SMILES string of the molecule is CC(C)CC[C@H](N)CC(=O)O. The Morgan fingerprint density at radius 3 is 2.36 bits per heavy atom. The molecule has 0 radical (unpaired) electrons. The summed E-state index contributed by atoms with van der Waals surface area (Å²) in [6.07, 6.45) is 1.91. The van der Waals surface area contributed by atoms with Crippen LogP contribution in [0.25, 0.3) is 0 Å². The number of rotatable bonds is 5. The largest absolute Gasteiger partial charge is 0.481 e. The predicted octanol–water partition coefficient (Wildman–Crippen LogP) is 1.22. The molecule has 11 heavy (non-hydrogen) atoms. The topological polar surface area (TPSA) is 63.3 Å². The van der Waals surface area contributed by atoms with Crippen LogP contribution in [0, 0.1) is 5.92 Å². The van der Waals surface area contributed by atoms with Crippen molar-refractivity contribution in [3.8, 4) is 0 Å². The molecule has 0 aromatic carbocycles.